The summed E-state index contributed by atoms with van der Waals surface area (Å²) in [4.78, 5) is 0. The number of hydrogen-bond donors (Lipinski definition) is 0. The van der Waals surface area contributed by atoms with Crippen molar-refractivity contribution in [1.29, 1.82) is 0 Å². The second-order valence-corrected chi connectivity index (χ2v) is 1.15. The van der Waals surface area contributed by atoms with Crippen molar-refractivity contribution in [3.63, 3.8) is 0 Å². The van der Waals surface area contributed by atoms with E-state index in [0.717, 1.165) is 0 Å². The minimum Gasteiger partial charge on any atom is -0.0623 e. The molecule has 0 aromatic heterocycles. The van der Waals surface area contributed by atoms with Crippen molar-refractivity contribution in [2.45, 2.75) is 0 Å². The van der Waals surface area contributed by atoms with Crippen LogP contribution in [0.3, 0.4) is 0 Å². The fourth-order valence-electron chi connectivity index (χ4n) is 0.385. The minimum atomic E-state index is 0. The Morgan fingerprint density at radius 1 is 0.429 bits per heavy atom. The molecule has 0 fully saturated rings. The number of rotatable bonds is 0. The second-order valence-electron chi connectivity index (χ2n) is 1.15. The molecule has 0 aliphatic rings. The van der Waals surface area contributed by atoms with Crippen LogP contribution < -0.4 is 0 Å². The molecule has 7 heavy (non-hydrogen) atoms. The molecule has 1 rings (SSSR count). The molecule has 0 unspecified atom stereocenters. The average molecular weight is 117 g/mol. The van der Waals surface area contributed by atoms with Crippen molar-refractivity contribution in [1.82, 2.24) is 0 Å². The normalized spacial score (nSPS) is 6.86. The van der Waals surface area contributed by atoms with Gasteiger partial charge in [0.2, 0.25) is 0 Å². The Bertz CT molecular complexity index is 76.1. The zero-order valence-corrected chi connectivity index (χ0v) is 7.59. The van der Waals surface area contributed by atoms with Crippen LogP contribution in [0.15, 0.2) is 36.4 Å². The maximum Gasteiger partial charge on any atom is 0 e. The summed E-state index contributed by atoms with van der Waals surface area (Å²) in [6.07, 6.45) is 0. The molecule has 0 saturated carbocycles. The van der Waals surface area contributed by atoms with Crippen LogP contribution in [-0.2, 0) is 0 Å². The molecule has 0 nitrogen and oxygen atoms in total. The average Bonchev–Trinajstić information content (AvgIpc) is 1.72. The van der Waals surface area contributed by atoms with E-state index >= 15 is 0 Å². The van der Waals surface area contributed by atoms with Gasteiger partial charge in [-0.25, -0.2) is 0 Å². The van der Waals surface area contributed by atoms with E-state index in [-0.39, 0.29) is 51.4 Å². The third-order valence-electron chi connectivity index (χ3n) is 0.667. The Kier molecular flexibility index (Phi) is 5.61. The maximum absolute atomic E-state index is 2.00. The third kappa shape index (κ3) is 3.44. The molecule has 0 spiro atoms. The van der Waals surface area contributed by atoms with Gasteiger partial charge in [-0.1, -0.05) is 36.4 Å². The smallest absolute Gasteiger partial charge is 0 e. The Labute approximate surface area is 86.4 Å². The Morgan fingerprint density at radius 2 is 0.571 bits per heavy atom. The molecule has 0 saturated heterocycles. The molecule has 0 bridgehead atoms. The molecule has 0 N–H and O–H groups in total. The van der Waals surface area contributed by atoms with Crippen LogP contribution in [-0.4, -0.2) is 51.4 Å². The van der Waals surface area contributed by atoms with Crippen molar-refractivity contribution in [2.24, 2.45) is 0 Å². The van der Waals surface area contributed by atoms with Gasteiger partial charge in [-0.15, -0.1) is 0 Å². The first-order chi connectivity index (χ1) is 3.00. The van der Waals surface area contributed by atoms with Crippen molar-refractivity contribution < 1.29 is 0 Å². The Morgan fingerprint density at radius 3 is 0.714 bits per heavy atom. The van der Waals surface area contributed by atoms with Gasteiger partial charge in [0.05, 0.1) is 0 Å². The molecule has 0 aliphatic heterocycles. The van der Waals surface area contributed by atoms with Gasteiger partial charge < -0.3 is 0 Å². The SMILES string of the molecule is [K].c1ccccc1. The van der Waals surface area contributed by atoms with E-state index in [2.05, 4.69) is 0 Å². The standard InChI is InChI=1S/C6H6.K/c1-2-4-6-5-3-1;/h1-6H;. The van der Waals surface area contributed by atoms with Crippen LogP contribution in [0.25, 0.3) is 0 Å². The number of hydrogen-bond acceptors (Lipinski definition) is 0. The van der Waals surface area contributed by atoms with Gasteiger partial charge in [0.25, 0.3) is 0 Å². The van der Waals surface area contributed by atoms with Crippen LogP contribution in [0.2, 0.25) is 0 Å². The first-order valence-corrected chi connectivity index (χ1v) is 2.00. The molecular formula is C6H6K. The van der Waals surface area contributed by atoms with E-state index in [0.29, 0.717) is 0 Å². The van der Waals surface area contributed by atoms with Crippen LogP contribution in [0.5, 0.6) is 0 Å². The molecule has 31 valence electrons. The zero-order chi connectivity index (χ0) is 4.24. The van der Waals surface area contributed by atoms with Crippen molar-refractivity contribution in [3.8, 4) is 0 Å². The van der Waals surface area contributed by atoms with E-state index in [1.54, 1.807) is 0 Å². The van der Waals surface area contributed by atoms with Gasteiger partial charge in [-0.05, 0) is 0 Å². The van der Waals surface area contributed by atoms with Crippen LogP contribution in [0.4, 0.5) is 0 Å². The molecule has 0 atom stereocenters. The van der Waals surface area contributed by atoms with Crippen molar-refractivity contribution >= 4 is 51.4 Å². The summed E-state index contributed by atoms with van der Waals surface area (Å²) in [6, 6.07) is 12.0. The van der Waals surface area contributed by atoms with E-state index in [1.165, 1.54) is 0 Å². The van der Waals surface area contributed by atoms with Gasteiger partial charge in [0.15, 0.2) is 0 Å². The molecule has 0 aliphatic carbocycles. The Balaban J connectivity index is 0.000000360. The summed E-state index contributed by atoms with van der Waals surface area (Å²) in [5.74, 6) is 0. The Hall–Kier alpha value is 0.856. The minimum absolute atomic E-state index is 0. The predicted octanol–water partition coefficient (Wildman–Crippen LogP) is 1.31. The van der Waals surface area contributed by atoms with Gasteiger partial charge in [-0.2, -0.15) is 0 Å². The van der Waals surface area contributed by atoms with Gasteiger partial charge in [0, 0.05) is 51.4 Å². The van der Waals surface area contributed by atoms with Crippen molar-refractivity contribution in [2.75, 3.05) is 0 Å². The fourth-order valence-corrected chi connectivity index (χ4v) is 0.385. The van der Waals surface area contributed by atoms with E-state index < -0.39 is 0 Å². The molecule has 0 heterocycles. The molecule has 0 amide bonds. The number of benzene rings is 1. The van der Waals surface area contributed by atoms with E-state index in [4.69, 9.17) is 0 Å². The monoisotopic (exact) mass is 117 g/mol. The summed E-state index contributed by atoms with van der Waals surface area (Å²) >= 11 is 0. The molecule has 1 radical (unpaired) electrons. The van der Waals surface area contributed by atoms with Crippen LogP contribution >= 0.6 is 0 Å². The summed E-state index contributed by atoms with van der Waals surface area (Å²) < 4.78 is 0. The third-order valence-corrected chi connectivity index (χ3v) is 0.667. The predicted molar refractivity (Wildman–Crippen MR) is 32.2 cm³/mol. The molecule has 1 heteroatoms. The topological polar surface area (TPSA) is 0 Å². The van der Waals surface area contributed by atoms with Gasteiger partial charge in [0.1, 0.15) is 0 Å². The molecule has 1 aromatic rings. The molecular weight excluding hydrogens is 111 g/mol. The summed E-state index contributed by atoms with van der Waals surface area (Å²) in [5, 5.41) is 0. The van der Waals surface area contributed by atoms with E-state index in [1.807, 2.05) is 36.4 Å². The second kappa shape index (κ2) is 5.00. The first-order valence-electron chi connectivity index (χ1n) is 2.00. The van der Waals surface area contributed by atoms with Gasteiger partial charge >= 0.3 is 0 Å². The summed E-state index contributed by atoms with van der Waals surface area (Å²) in [7, 11) is 0. The quantitative estimate of drug-likeness (QED) is 0.449. The summed E-state index contributed by atoms with van der Waals surface area (Å²) in [5.41, 5.74) is 0. The maximum atomic E-state index is 2.00. The fraction of sp³-hybridized carbons (Fsp3) is 0. The zero-order valence-electron chi connectivity index (χ0n) is 4.46. The largest absolute Gasteiger partial charge is 0.0623 e. The van der Waals surface area contributed by atoms with Crippen molar-refractivity contribution in [3.05, 3.63) is 36.4 Å². The van der Waals surface area contributed by atoms with E-state index in [9.17, 15) is 0 Å². The van der Waals surface area contributed by atoms with Crippen LogP contribution in [0.1, 0.15) is 0 Å². The summed E-state index contributed by atoms with van der Waals surface area (Å²) in [6.45, 7) is 0. The van der Waals surface area contributed by atoms with Crippen LogP contribution in [0, 0.1) is 0 Å². The van der Waals surface area contributed by atoms with Gasteiger partial charge in [-0.3, -0.25) is 0 Å². The first kappa shape index (κ1) is 7.86. The molecule has 1 aromatic carbocycles.